The first-order chi connectivity index (χ1) is 8.99. The maximum Gasteiger partial charge on any atom is 0.266 e. The topological polar surface area (TPSA) is 23.6 Å². The highest BCUT2D eigenvalue weighted by molar-refractivity contribution is 8.26. The van der Waals surface area contributed by atoms with Gasteiger partial charge in [-0.05, 0) is 44.1 Å². The predicted molar refractivity (Wildman–Crippen MR) is 87.5 cm³/mol. The third kappa shape index (κ3) is 3.45. The van der Waals surface area contributed by atoms with Crippen molar-refractivity contribution in [3.8, 4) is 0 Å². The van der Waals surface area contributed by atoms with Crippen molar-refractivity contribution in [3.63, 3.8) is 0 Å². The fraction of sp³-hybridized carbons (Fsp3) is 0.385. The number of thiocarbonyl (C=S) groups is 1. The van der Waals surface area contributed by atoms with Gasteiger partial charge in [-0.1, -0.05) is 24.0 Å². The SMILES string of the molecule is Cc1ccsc1/C=C1/SC(=S)N(CCN(C)C)C1=O. The van der Waals surface area contributed by atoms with E-state index in [9.17, 15) is 4.79 Å². The quantitative estimate of drug-likeness (QED) is 0.630. The Morgan fingerprint density at radius 3 is 2.79 bits per heavy atom. The zero-order valence-electron chi connectivity index (χ0n) is 11.2. The molecule has 0 saturated carbocycles. The van der Waals surface area contributed by atoms with Crippen molar-refractivity contribution in [1.29, 1.82) is 0 Å². The lowest BCUT2D eigenvalue weighted by Crippen LogP contribution is -2.34. The van der Waals surface area contributed by atoms with Crippen LogP contribution in [0, 0.1) is 6.92 Å². The van der Waals surface area contributed by atoms with E-state index in [4.69, 9.17) is 12.2 Å². The second-order valence-electron chi connectivity index (χ2n) is 4.60. The number of hydrogen-bond acceptors (Lipinski definition) is 5. The molecule has 2 heterocycles. The summed E-state index contributed by atoms with van der Waals surface area (Å²) in [6.45, 7) is 3.52. The van der Waals surface area contributed by atoms with Gasteiger partial charge >= 0.3 is 0 Å². The molecule has 1 fully saturated rings. The summed E-state index contributed by atoms with van der Waals surface area (Å²) in [5, 5.41) is 2.04. The fourth-order valence-corrected chi connectivity index (χ4v) is 3.87. The molecular formula is C13H16N2OS3. The van der Waals surface area contributed by atoms with Crippen LogP contribution in [0.4, 0.5) is 0 Å². The largest absolute Gasteiger partial charge is 0.308 e. The number of nitrogens with zero attached hydrogens (tertiary/aromatic N) is 2. The van der Waals surface area contributed by atoms with Gasteiger partial charge in [0.1, 0.15) is 4.32 Å². The van der Waals surface area contributed by atoms with Gasteiger partial charge < -0.3 is 4.90 Å². The number of thiophene rings is 1. The number of aryl methyl sites for hydroxylation is 1. The first kappa shape index (κ1) is 14.7. The molecule has 1 amide bonds. The van der Waals surface area contributed by atoms with Gasteiger partial charge in [0.2, 0.25) is 0 Å². The second-order valence-corrected chi connectivity index (χ2v) is 7.23. The highest BCUT2D eigenvalue weighted by atomic mass is 32.2. The van der Waals surface area contributed by atoms with Gasteiger partial charge in [-0.25, -0.2) is 0 Å². The number of thioether (sulfide) groups is 1. The lowest BCUT2D eigenvalue weighted by atomic mass is 10.2. The van der Waals surface area contributed by atoms with E-state index < -0.39 is 0 Å². The summed E-state index contributed by atoms with van der Waals surface area (Å²) in [5.74, 6) is 0.0321. The summed E-state index contributed by atoms with van der Waals surface area (Å²) in [6.07, 6.45) is 1.95. The average molecular weight is 312 g/mol. The summed E-state index contributed by atoms with van der Waals surface area (Å²) in [4.78, 5) is 17.9. The smallest absolute Gasteiger partial charge is 0.266 e. The van der Waals surface area contributed by atoms with Crippen LogP contribution in [0.1, 0.15) is 10.4 Å². The van der Waals surface area contributed by atoms with E-state index in [0.717, 1.165) is 16.3 Å². The normalized spacial score (nSPS) is 18.1. The summed E-state index contributed by atoms with van der Waals surface area (Å²) in [5.41, 5.74) is 1.20. The third-order valence-corrected chi connectivity index (χ3v) is 5.15. The Morgan fingerprint density at radius 2 is 2.21 bits per heavy atom. The van der Waals surface area contributed by atoms with E-state index in [2.05, 4.69) is 13.0 Å². The molecule has 102 valence electrons. The molecule has 0 N–H and O–H groups in total. The average Bonchev–Trinajstić information content (AvgIpc) is 2.84. The number of carbonyl (C=O) groups is 1. The van der Waals surface area contributed by atoms with Gasteiger partial charge in [0, 0.05) is 18.0 Å². The molecule has 3 nitrogen and oxygen atoms in total. The molecule has 1 saturated heterocycles. The van der Waals surface area contributed by atoms with Gasteiger partial charge in [0.05, 0.1) is 4.91 Å². The van der Waals surface area contributed by atoms with Gasteiger partial charge in [-0.15, -0.1) is 11.3 Å². The molecule has 19 heavy (non-hydrogen) atoms. The van der Waals surface area contributed by atoms with E-state index in [1.54, 1.807) is 16.2 Å². The molecule has 0 spiro atoms. The Kier molecular flexibility index (Phi) is 4.78. The van der Waals surface area contributed by atoms with Crippen molar-refractivity contribution in [2.75, 3.05) is 27.2 Å². The Labute approximate surface area is 127 Å². The molecule has 1 aliphatic rings. The zero-order valence-corrected chi connectivity index (χ0v) is 13.6. The van der Waals surface area contributed by atoms with E-state index in [1.807, 2.05) is 30.5 Å². The lowest BCUT2D eigenvalue weighted by Gasteiger charge is -2.17. The molecule has 1 aromatic rings. The summed E-state index contributed by atoms with van der Waals surface area (Å²) in [7, 11) is 3.98. The Morgan fingerprint density at radius 1 is 1.47 bits per heavy atom. The van der Waals surface area contributed by atoms with Crippen LogP contribution < -0.4 is 0 Å². The molecule has 1 aromatic heterocycles. The summed E-state index contributed by atoms with van der Waals surface area (Å²) in [6, 6.07) is 2.06. The molecule has 6 heteroatoms. The fourth-order valence-electron chi connectivity index (χ4n) is 1.64. The minimum atomic E-state index is 0.0321. The van der Waals surface area contributed by atoms with Crippen LogP contribution in [-0.2, 0) is 4.79 Å². The maximum atomic E-state index is 12.3. The molecule has 2 rings (SSSR count). The van der Waals surface area contributed by atoms with Crippen molar-refractivity contribution in [2.24, 2.45) is 0 Å². The Hall–Kier alpha value is -0.690. The summed E-state index contributed by atoms with van der Waals surface area (Å²) >= 11 is 8.33. The highest BCUT2D eigenvalue weighted by Crippen LogP contribution is 2.33. The third-order valence-electron chi connectivity index (χ3n) is 2.81. The van der Waals surface area contributed by atoms with Gasteiger partial charge in [-0.2, -0.15) is 0 Å². The molecule has 0 bridgehead atoms. The van der Waals surface area contributed by atoms with Crippen molar-refractivity contribution < 1.29 is 4.79 Å². The zero-order chi connectivity index (χ0) is 14.0. The number of rotatable bonds is 4. The minimum Gasteiger partial charge on any atom is -0.308 e. The number of hydrogen-bond donors (Lipinski definition) is 0. The molecule has 0 aliphatic carbocycles. The first-order valence-electron chi connectivity index (χ1n) is 5.93. The van der Waals surface area contributed by atoms with Gasteiger partial charge in [-0.3, -0.25) is 9.69 Å². The van der Waals surface area contributed by atoms with Gasteiger partial charge in [0.25, 0.3) is 5.91 Å². The Bertz CT molecular complexity index is 534. The number of amides is 1. The lowest BCUT2D eigenvalue weighted by molar-refractivity contribution is -0.122. The van der Waals surface area contributed by atoms with Crippen LogP contribution in [0.3, 0.4) is 0 Å². The van der Waals surface area contributed by atoms with Crippen LogP contribution in [0.25, 0.3) is 6.08 Å². The van der Waals surface area contributed by atoms with Crippen molar-refractivity contribution in [1.82, 2.24) is 9.80 Å². The second kappa shape index (κ2) is 6.17. The van der Waals surface area contributed by atoms with E-state index in [1.165, 1.54) is 17.3 Å². The van der Waals surface area contributed by atoms with E-state index in [0.29, 0.717) is 10.9 Å². The monoisotopic (exact) mass is 312 g/mol. The maximum absolute atomic E-state index is 12.3. The van der Waals surface area contributed by atoms with Crippen molar-refractivity contribution in [3.05, 3.63) is 26.8 Å². The van der Waals surface area contributed by atoms with E-state index >= 15 is 0 Å². The van der Waals surface area contributed by atoms with Crippen LogP contribution in [0.15, 0.2) is 16.4 Å². The number of carbonyl (C=O) groups excluding carboxylic acids is 1. The molecular weight excluding hydrogens is 296 g/mol. The standard InChI is InChI=1S/C13H16N2OS3/c1-9-4-7-18-10(9)8-11-12(16)15(13(17)19-11)6-5-14(2)3/h4,7-8H,5-6H2,1-3H3/b11-8+. The minimum absolute atomic E-state index is 0.0321. The van der Waals surface area contributed by atoms with Crippen molar-refractivity contribution in [2.45, 2.75) is 6.92 Å². The molecule has 0 atom stereocenters. The molecule has 0 unspecified atom stereocenters. The molecule has 0 radical (unpaired) electrons. The van der Waals surface area contributed by atoms with Crippen LogP contribution in [-0.4, -0.2) is 47.2 Å². The van der Waals surface area contributed by atoms with Crippen LogP contribution >= 0.6 is 35.3 Å². The Balaban J connectivity index is 2.14. The first-order valence-corrected chi connectivity index (χ1v) is 8.03. The van der Waals surface area contributed by atoms with Crippen molar-refractivity contribution >= 4 is 51.6 Å². The predicted octanol–water partition coefficient (Wildman–Crippen LogP) is 2.82. The van der Waals surface area contributed by atoms with Gasteiger partial charge in [0.15, 0.2) is 0 Å². The van der Waals surface area contributed by atoms with Crippen LogP contribution in [0.2, 0.25) is 0 Å². The van der Waals surface area contributed by atoms with Crippen LogP contribution in [0.5, 0.6) is 0 Å². The summed E-state index contributed by atoms with van der Waals surface area (Å²) < 4.78 is 0.660. The highest BCUT2D eigenvalue weighted by Gasteiger charge is 2.31. The number of likely N-dealkylation sites (N-methyl/N-ethyl adjacent to an activating group) is 1. The molecule has 0 aromatic carbocycles. The molecule has 1 aliphatic heterocycles. The van der Waals surface area contributed by atoms with E-state index in [-0.39, 0.29) is 5.91 Å².